The maximum absolute atomic E-state index is 12.7. The summed E-state index contributed by atoms with van der Waals surface area (Å²) in [4.78, 5) is 22.1. The number of ether oxygens (including phenoxy) is 1. The Morgan fingerprint density at radius 3 is 2.53 bits per heavy atom. The van der Waals surface area contributed by atoms with Crippen molar-refractivity contribution in [1.82, 2.24) is 25.1 Å². The summed E-state index contributed by atoms with van der Waals surface area (Å²) >= 11 is 6.45. The van der Waals surface area contributed by atoms with Gasteiger partial charge < -0.3 is 15.4 Å². The van der Waals surface area contributed by atoms with Crippen LogP contribution in [0.1, 0.15) is 47.6 Å². The van der Waals surface area contributed by atoms with Crippen molar-refractivity contribution in [3.8, 4) is 11.4 Å². The number of halogens is 1. The van der Waals surface area contributed by atoms with Gasteiger partial charge in [0.25, 0.3) is 5.91 Å². The van der Waals surface area contributed by atoms with E-state index in [0.29, 0.717) is 22.2 Å². The molecule has 2 aromatic carbocycles. The zero-order chi connectivity index (χ0) is 25.2. The maximum atomic E-state index is 12.7. The van der Waals surface area contributed by atoms with E-state index in [4.69, 9.17) is 26.4 Å². The summed E-state index contributed by atoms with van der Waals surface area (Å²) in [5.74, 6) is 2.06. The van der Waals surface area contributed by atoms with E-state index in [1.54, 1.807) is 23.9 Å². The molecule has 1 fully saturated rings. The first-order valence-corrected chi connectivity index (χ1v) is 12.5. The molecule has 36 heavy (non-hydrogen) atoms. The molecule has 0 aliphatic heterocycles. The van der Waals surface area contributed by atoms with Gasteiger partial charge in [-0.3, -0.25) is 4.79 Å². The monoisotopic (exact) mass is 504 g/mol. The summed E-state index contributed by atoms with van der Waals surface area (Å²) in [5.41, 5.74) is 2.97. The van der Waals surface area contributed by atoms with E-state index in [9.17, 15) is 4.79 Å². The lowest BCUT2D eigenvalue weighted by Crippen LogP contribution is -2.40. The molecule has 0 radical (unpaired) electrons. The number of nitrogens with one attached hydrogen (secondary N) is 2. The van der Waals surface area contributed by atoms with Crippen LogP contribution in [-0.4, -0.2) is 44.8 Å². The predicted molar refractivity (Wildman–Crippen MR) is 141 cm³/mol. The van der Waals surface area contributed by atoms with Gasteiger partial charge in [0.15, 0.2) is 5.65 Å². The Labute approximate surface area is 215 Å². The second-order valence-corrected chi connectivity index (χ2v) is 9.57. The van der Waals surface area contributed by atoms with Gasteiger partial charge in [0.2, 0.25) is 0 Å². The molecular formula is C27H29ClN6O2. The maximum Gasteiger partial charge on any atom is 0.251 e. The number of fused-ring (bicyclic) bond motifs is 1. The van der Waals surface area contributed by atoms with Crippen LogP contribution in [0, 0.1) is 13.8 Å². The minimum absolute atomic E-state index is 0.0685. The number of amides is 1. The lowest BCUT2D eigenvalue weighted by molar-refractivity contribution is 0.0926. The fourth-order valence-corrected chi connectivity index (χ4v) is 5.01. The lowest BCUT2D eigenvalue weighted by atomic mass is 9.91. The van der Waals surface area contributed by atoms with Crippen LogP contribution < -0.4 is 15.4 Å². The van der Waals surface area contributed by atoms with Gasteiger partial charge in [-0.2, -0.15) is 5.10 Å². The van der Waals surface area contributed by atoms with E-state index >= 15 is 0 Å². The Bertz CT molecular complexity index is 1410. The lowest BCUT2D eigenvalue weighted by Gasteiger charge is -2.30. The number of anilines is 1. The Morgan fingerprint density at radius 2 is 1.78 bits per heavy atom. The van der Waals surface area contributed by atoms with Crippen LogP contribution in [0.25, 0.3) is 16.7 Å². The Kier molecular flexibility index (Phi) is 6.78. The summed E-state index contributed by atoms with van der Waals surface area (Å²) in [5, 5.41) is 13.1. The predicted octanol–water partition coefficient (Wildman–Crippen LogP) is 5.25. The van der Waals surface area contributed by atoms with Crippen LogP contribution in [0.15, 0.2) is 48.5 Å². The van der Waals surface area contributed by atoms with E-state index in [1.807, 2.05) is 50.2 Å². The molecule has 0 bridgehead atoms. The molecule has 1 aliphatic rings. The van der Waals surface area contributed by atoms with E-state index in [1.165, 1.54) is 0 Å². The van der Waals surface area contributed by atoms with Crippen molar-refractivity contribution >= 4 is 34.4 Å². The first kappa shape index (κ1) is 24.1. The topological polar surface area (TPSA) is 94.0 Å². The zero-order valence-electron chi connectivity index (χ0n) is 20.6. The summed E-state index contributed by atoms with van der Waals surface area (Å²) < 4.78 is 7.02. The largest absolute Gasteiger partial charge is 0.497 e. The second-order valence-electron chi connectivity index (χ2n) is 9.16. The van der Waals surface area contributed by atoms with Crippen molar-refractivity contribution in [2.45, 2.75) is 51.6 Å². The molecule has 1 aliphatic carbocycles. The minimum Gasteiger partial charge on any atom is -0.497 e. The van der Waals surface area contributed by atoms with Crippen molar-refractivity contribution in [3.63, 3.8) is 0 Å². The molecule has 0 atom stereocenters. The van der Waals surface area contributed by atoms with Gasteiger partial charge >= 0.3 is 0 Å². The number of carbonyl (C=O) groups is 1. The Balaban J connectivity index is 1.29. The third-order valence-electron chi connectivity index (χ3n) is 6.63. The second kappa shape index (κ2) is 10.1. The van der Waals surface area contributed by atoms with Crippen LogP contribution in [-0.2, 0) is 0 Å². The summed E-state index contributed by atoms with van der Waals surface area (Å²) in [7, 11) is 1.60. The van der Waals surface area contributed by atoms with Gasteiger partial charge in [0.05, 0.1) is 28.9 Å². The van der Waals surface area contributed by atoms with Gasteiger partial charge in [-0.05, 0) is 69.9 Å². The van der Waals surface area contributed by atoms with Gasteiger partial charge in [-0.1, -0.05) is 29.8 Å². The molecule has 4 aromatic rings. The molecule has 2 aromatic heterocycles. The number of para-hydroxylation sites is 1. The molecule has 2 N–H and O–H groups in total. The zero-order valence-corrected chi connectivity index (χ0v) is 21.3. The van der Waals surface area contributed by atoms with Crippen LogP contribution in [0.2, 0.25) is 5.02 Å². The van der Waals surface area contributed by atoms with Crippen molar-refractivity contribution < 1.29 is 9.53 Å². The molecule has 0 unspecified atom stereocenters. The van der Waals surface area contributed by atoms with E-state index in [-0.39, 0.29) is 18.0 Å². The smallest absolute Gasteiger partial charge is 0.251 e. The molecule has 8 nitrogen and oxygen atoms in total. The first-order valence-electron chi connectivity index (χ1n) is 12.1. The van der Waals surface area contributed by atoms with Crippen LogP contribution in [0.3, 0.4) is 0 Å². The van der Waals surface area contributed by atoms with Crippen molar-refractivity contribution in [3.05, 3.63) is 70.6 Å². The number of methoxy groups -OCH3 is 1. The van der Waals surface area contributed by atoms with E-state index < -0.39 is 0 Å². The summed E-state index contributed by atoms with van der Waals surface area (Å²) in [6.07, 6.45) is 3.62. The van der Waals surface area contributed by atoms with Crippen molar-refractivity contribution in [2.75, 3.05) is 12.4 Å². The highest BCUT2D eigenvalue weighted by Crippen LogP contribution is 2.31. The molecule has 1 saturated carbocycles. The van der Waals surface area contributed by atoms with Gasteiger partial charge in [0, 0.05) is 17.6 Å². The molecule has 5 rings (SSSR count). The van der Waals surface area contributed by atoms with Crippen LogP contribution in [0.4, 0.5) is 5.82 Å². The SMILES string of the molecule is COc1cccc(C(=O)NC2CCC(Nc3nc(C)nc4c3c(C)nn4-c3ccccc3Cl)CC2)c1. The minimum atomic E-state index is -0.0685. The van der Waals surface area contributed by atoms with Gasteiger partial charge in [-0.15, -0.1) is 0 Å². The number of aryl methyl sites for hydroxylation is 2. The van der Waals surface area contributed by atoms with Gasteiger partial charge in [0.1, 0.15) is 17.4 Å². The first-order chi connectivity index (χ1) is 17.4. The molecule has 0 saturated heterocycles. The summed E-state index contributed by atoms with van der Waals surface area (Å²) in [6.45, 7) is 3.85. The molecular weight excluding hydrogens is 476 g/mol. The fraction of sp³-hybridized carbons (Fsp3) is 0.333. The summed E-state index contributed by atoms with van der Waals surface area (Å²) in [6, 6.07) is 15.2. The number of rotatable bonds is 6. The fourth-order valence-electron chi connectivity index (χ4n) is 4.80. The average Bonchev–Trinajstić information content (AvgIpc) is 3.21. The third-order valence-corrected chi connectivity index (χ3v) is 6.95. The van der Waals surface area contributed by atoms with E-state index in [0.717, 1.165) is 53.9 Å². The highest BCUT2D eigenvalue weighted by Gasteiger charge is 2.25. The number of hydrogen-bond acceptors (Lipinski definition) is 6. The molecule has 186 valence electrons. The Hall–Kier alpha value is -3.65. The normalized spacial score (nSPS) is 17.7. The molecule has 0 spiro atoms. The number of hydrogen-bond donors (Lipinski definition) is 2. The highest BCUT2D eigenvalue weighted by atomic mass is 35.5. The highest BCUT2D eigenvalue weighted by molar-refractivity contribution is 6.32. The average molecular weight is 505 g/mol. The van der Waals surface area contributed by atoms with Crippen molar-refractivity contribution in [2.24, 2.45) is 0 Å². The van der Waals surface area contributed by atoms with Crippen LogP contribution in [0.5, 0.6) is 5.75 Å². The number of nitrogens with zero attached hydrogens (tertiary/aromatic N) is 4. The standard InChI is InChI=1S/C27H29ClN6O2/c1-16-24-25(29-17(2)30-26(24)34(33-16)23-10-5-4-9-22(23)28)31-19-11-13-20(14-12-19)32-27(35)18-7-6-8-21(15-18)36-3/h4-10,15,19-20H,11-14H2,1-3H3,(H,32,35)(H,29,30,31). The number of carbonyl (C=O) groups excluding carboxylic acids is 1. The molecule has 2 heterocycles. The van der Waals surface area contributed by atoms with Gasteiger partial charge in [-0.25, -0.2) is 14.6 Å². The quantitative estimate of drug-likeness (QED) is 0.372. The van der Waals surface area contributed by atoms with E-state index in [2.05, 4.69) is 15.6 Å². The third kappa shape index (κ3) is 4.86. The molecule has 9 heteroatoms. The van der Waals surface area contributed by atoms with Crippen LogP contribution >= 0.6 is 11.6 Å². The van der Waals surface area contributed by atoms with Crippen molar-refractivity contribution in [1.29, 1.82) is 0 Å². The number of aromatic nitrogens is 4. The molecule has 1 amide bonds. The number of benzene rings is 2. The Morgan fingerprint density at radius 1 is 1.03 bits per heavy atom.